The number of aliphatic hydroxyl groups excluding tert-OH is 2. The zero-order chi connectivity index (χ0) is 60.6. The van der Waals surface area contributed by atoms with E-state index in [0.29, 0.717) is 25.9 Å². The molecule has 0 aromatic rings. The Morgan fingerprint density at radius 1 is 0.333 bits per heavy atom. The van der Waals surface area contributed by atoms with Crippen molar-refractivity contribution in [1.82, 2.24) is 5.32 Å². The molecule has 0 aliphatic heterocycles. The number of nitrogens with one attached hydrogen (secondary N) is 1. The SMILES string of the molecule is CCCC/C=C\C/C=C\CCCCCCCC(=O)OCCCCCCCCCCCCCCCCCCCCCCCCCCCCCCCCCCCC(=O)NC(CO)C(O)CCCCCCCCCCCCCCCCCCCCCC. The molecule has 1 amide bonds. The topological polar surface area (TPSA) is 95.9 Å². The number of hydrogen-bond acceptors (Lipinski definition) is 5. The third kappa shape index (κ3) is 69.4. The number of aliphatic hydroxyl groups is 2. The summed E-state index contributed by atoms with van der Waals surface area (Å²) >= 11 is 0. The van der Waals surface area contributed by atoms with Crippen molar-refractivity contribution in [3.8, 4) is 0 Å². The van der Waals surface area contributed by atoms with Crippen molar-refractivity contribution in [3.63, 3.8) is 0 Å². The number of carbonyl (C=O) groups is 2. The predicted octanol–water partition coefficient (Wildman–Crippen LogP) is 25.3. The normalized spacial score (nSPS) is 12.6. The number of unbranched alkanes of at least 4 members (excludes halogenated alkanes) is 58. The van der Waals surface area contributed by atoms with Gasteiger partial charge in [0.15, 0.2) is 0 Å². The van der Waals surface area contributed by atoms with E-state index in [1.165, 1.54) is 353 Å². The highest BCUT2D eigenvalue weighted by atomic mass is 16.5. The molecular weight excluding hydrogens is 1030 g/mol. The fraction of sp³-hybridized carbons (Fsp3) is 0.923. The van der Waals surface area contributed by atoms with Crippen LogP contribution in [0.2, 0.25) is 0 Å². The van der Waals surface area contributed by atoms with Crippen LogP contribution in [0.5, 0.6) is 0 Å². The molecule has 84 heavy (non-hydrogen) atoms. The zero-order valence-electron chi connectivity index (χ0n) is 57.2. The van der Waals surface area contributed by atoms with Gasteiger partial charge in [0, 0.05) is 12.8 Å². The van der Waals surface area contributed by atoms with Crippen molar-refractivity contribution < 1.29 is 24.5 Å². The van der Waals surface area contributed by atoms with Crippen LogP contribution in [-0.2, 0) is 14.3 Å². The summed E-state index contributed by atoms with van der Waals surface area (Å²) in [6, 6.07) is -0.538. The molecule has 0 aromatic carbocycles. The van der Waals surface area contributed by atoms with Gasteiger partial charge in [-0.15, -0.1) is 0 Å². The third-order valence-corrected chi connectivity index (χ3v) is 18.3. The molecule has 2 unspecified atom stereocenters. The van der Waals surface area contributed by atoms with E-state index in [9.17, 15) is 19.8 Å². The molecule has 6 nitrogen and oxygen atoms in total. The quantitative estimate of drug-likeness (QED) is 0.0320. The van der Waals surface area contributed by atoms with Crippen LogP contribution in [0.15, 0.2) is 24.3 Å². The summed E-state index contributed by atoms with van der Waals surface area (Å²) in [4.78, 5) is 24.6. The molecule has 0 heterocycles. The van der Waals surface area contributed by atoms with Crippen LogP contribution in [0, 0.1) is 0 Å². The monoisotopic (exact) mass is 1180 g/mol. The van der Waals surface area contributed by atoms with Gasteiger partial charge in [-0.25, -0.2) is 0 Å². The Morgan fingerprint density at radius 2 is 0.607 bits per heavy atom. The van der Waals surface area contributed by atoms with Crippen molar-refractivity contribution in [2.75, 3.05) is 13.2 Å². The minimum absolute atomic E-state index is 0.00782. The standard InChI is InChI=1S/C78H151NO5/c1-3-5-7-9-11-13-15-17-19-20-21-37-40-43-46-50-54-58-62-66-70-76(81)75(74-80)79-77(82)71-67-63-59-55-51-47-44-41-38-35-33-31-29-27-25-23-22-24-26-28-30-32-34-36-39-42-45-49-53-57-61-65-69-73-84-78(83)72-68-64-60-56-52-48-18-16-14-12-10-8-6-4-2/h10,12,16,18,75-76,80-81H,3-9,11,13-15,17,19-74H2,1-2H3,(H,79,82)/b12-10-,18-16-. The fourth-order valence-electron chi connectivity index (χ4n) is 12.4. The maximum Gasteiger partial charge on any atom is 0.305 e. The van der Waals surface area contributed by atoms with Crippen molar-refractivity contribution in [1.29, 1.82) is 0 Å². The van der Waals surface area contributed by atoms with E-state index in [2.05, 4.69) is 43.5 Å². The Balaban J connectivity index is 3.32. The largest absolute Gasteiger partial charge is 0.466 e. The molecule has 2 atom stereocenters. The molecule has 0 radical (unpaired) electrons. The highest BCUT2D eigenvalue weighted by Gasteiger charge is 2.20. The van der Waals surface area contributed by atoms with Crippen LogP contribution in [0.3, 0.4) is 0 Å². The maximum absolute atomic E-state index is 12.6. The van der Waals surface area contributed by atoms with E-state index in [4.69, 9.17) is 4.74 Å². The Labute approximate surface area is 526 Å². The molecule has 0 rings (SSSR count). The molecule has 0 bridgehead atoms. The first-order valence-electron chi connectivity index (χ1n) is 38.6. The molecule has 0 saturated carbocycles. The first-order valence-corrected chi connectivity index (χ1v) is 38.6. The highest BCUT2D eigenvalue weighted by Crippen LogP contribution is 2.20. The van der Waals surface area contributed by atoms with Crippen molar-refractivity contribution in [3.05, 3.63) is 24.3 Å². The lowest BCUT2D eigenvalue weighted by atomic mass is 10.0. The molecule has 6 heteroatoms. The van der Waals surface area contributed by atoms with Gasteiger partial charge in [-0.2, -0.15) is 0 Å². The van der Waals surface area contributed by atoms with Gasteiger partial charge in [0.25, 0.3) is 0 Å². The number of rotatable bonds is 73. The Morgan fingerprint density at radius 3 is 0.940 bits per heavy atom. The molecule has 0 fully saturated rings. The number of esters is 1. The van der Waals surface area contributed by atoms with Gasteiger partial charge in [0.1, 0.15) is 0 Å². The van der Waals surface area contributed by atoms with E-state index in [0.717, 1.165) is 51.4 Å². The summed E-state index contributed by atoms with van der Waals surface area (Å²) in [6.07, 6.45) is 94.1. The lowest BCUT2D eigenvalue weighted by Crippen LogP contribution is -2.45. The number of allylic oxidation sites excluding steroid dienone is 4. The van der Waals surface area contributed by atoms with Gasteiger partial charge < -0.3 is 20.3 Å². The van der Waals surface area contributed by atoms with Gasteiger partial charge in [-0.1, -0.05) is 398 Å². The van der Waals surface area contributed by atoms with Gasteiger partial charge in [0.2, 0.25) is 5.91 Å². The summed E-state index contributed by atoms with van der Waals surface area (Å²) in [5, 5.41) is 23.4. The summed E-state index contributed by atoms with van der Waals surface area (Å²) in [6.45, 7) is 4.96. The Kier molecular flexibility index (Phi) is 72.3. The molecule has 0 aromatic heterocycles. The Hall–Kier alpha value is -1.66. The molecular formula is C78H151NO5. The minimum atomic E-state index is -0.661. The lowest BCUT2D eigenvalue weighted by molar-refractivity contribution is -0.143. The first-order chi connectivity index (χ1) is 41.5. The second-order valence-corrected chi connectivity index (χ2v) is 26.7. The molecule has 0 saturated heterocycles. The van der Waals surface area contributed by atoms with E-state index < -0.39 is 12.1 Å². The maximum atomic E-state index is 12.6. The van der Waals surface area contributed by atoms with Crippen LogP contribution < -0.4 is 5.32 Å². The second-order valence-electron chi connectivity index (χ2n) is 26.7. The molecule has 498 valence electrons. The van der Waals surface area contributed by atoms with Crippen LogP contribution >= 0.6 is 0 Å². The van der Waals surface area contributed by atoms with Crippen molar-refractivity contribution in [2.24, 2.45) is 0 Å². The number of ether oxygens (including phenoxy) is 1. The smallest absolute Gasteiger partial charge is 0.305 e. The van der Waals surface area contributed by atoms with Crippen LogP contribution in [0.25, 0.3) is 0 Å². The third-order valence-electron chi connectivity index (χ3n) is 18.3. The van der Waals surface area contributed by atoms with Crippen LogP contribution in [0.4, 0.5) is 0 Å². The first kappa shape index (κ1) is 82.3. The van der Waals surface area contributed by atoms with E-state index in [-0.39, 0.29) is 18.5 Å². The fourth-order valence-corrected chi connectivity index (χ4v) is 12.4. The second kappa shape index (κ2) is 73.8. The van der Waals surface area contributed by atoms with Crippen molar-refractivity contribution >= 4 is 11.9 Å². The number of amides is 1. The zero-order valence-corrected chi connectivity index (χ0v) is 57.2. The van der Waals surface area contributed by atoms with Gasteiger partial charge in [0.05, 0.1) is 25.4 Å². The van der Waals surface area contributed by atoms with Gasteiger partial charge in [-0.3, -0.25) is 9.59 Å². The molecule has 3 N–H and O–H groups in total. The van der Waals surface area contributed by atoms with Crippen LogP contribution in [-0.4, -0.2) is 47.4 Å². The lowest BCUT2D eigenvalue weighted by Gasteiger charge is -2.22. The van der Waals surface area contributed by atoms with Crippen molar-refractivity contribution in [2.45, 2.75) is 450 Å². The van der Waals surface area contributed by atoms with E-state index in [1.807, 2.05) is 0 Å². The number of hydrogen-bond donors (Lipinski definition) is 3. The summed E-state index contributed by atoms with van der Waals surface area (Å²) in [7, 11) is 0. The predicted molar refractivity (Wildman–Crippen MR) is 370 cm³/mol. The average molecular weight is 1180 g/mol. The van der Waals surface area contributed by atoms with Gasteiger partial charge >= 0.3 is 5.97 Å². The minimum Gasteiger partial charge on any atom is -0.466 e. The van der Waals surface area contributed by atoms with E-state index >= 15 is 0 Å². The summed E-state index contributed by atoms with van der Waals surface area (Å²) in [5.41, 5.74) is 0. The highest BCUT2D eigenvalue weighted by molar-refractivity contribution is 5.76. The van der Waals surface area contributed by atoms with Crippen LogP contribution in [0.1, 0.15) is 438 Å². The Bertz CT molecular complexity index is 1320. The van der Waals surface area contributed by atoms with Gasteiger partial charge in [-0.05, 0) is 51.4 Å². The van der Waals surface area contributed by atoms with E-state index in [1.54, 1.807) is 0 Å². The molecule has 0 spiro atoms. The number of carbonyl (C=O) groups excluding carboxylic acids is 2. The summed E-state index contributed by atoms with van der Waals surface area (Å²) in [5.74, 6) is -0.0174. The molecule has 0 aliphatic rings. The summed E-state index contributed by atoms with van der Waals surface area (Å²) < 4.78 is 5.49. The average Bonchev–Trinajstić information content (AvgIpc) is 3.51. The molecule has 0 aliphatic carbocycles.